The Morgan fingerprint density at radius 2 is 2.00 bits per heavy atom. The SMILES string of the molecule is CN1CC23CCCC2(C1)c1ccccc1C3. The Morgan fingerprint density at radius 1 is 1.12 bits per heavy atom. The lowest BCUT2D eigenvalue weighted by molar-refractivity contribution is 0.243. The predicted molar refractivity (Wildman–Crippen MR) is 65.6 cm³/mol. The lowest BCUT2D eigenvalue weighted by Gasteiger charge is -2.33. The number of hydrogen-bond donors (Lipinski definition) is 0. The quantitative estimate of drug-likeness (QED) is 0.640. The van der Waals surface area contributed by atoms with E-state index in [1.807, 2.05) is 0 Å². The van der Waals surface area contributed by atoms with E-state index in [1.54, 1.807) is 11.1 Å². The second-order valence-electron chi connectivity index (χ2n) is 6.22. The van der Waals surface area contributed by atoms with Crippen molar-refractivity contribution in [2.75, 3.05) is 20.1 Å². The molecule has 1 nitrogen and oxygen atoms in total. The summed E-state index contributed by atoms with van der Waals surface area (Å²) in [6.45, 7) is 2.62. The molecule has 1 saturated heterocycles. The van der Waals surface area contributed by atoms with E-state index in [2.05, 4.69) is 36.2 Å². The van der Waals surface area contributed by atoms with Crippen LogP contribution in [0.3, 0.4) is 0 Å². The van der Waals surface area contributed by atoms with E-state index in [1.165, 1.54) is 38.8 Å². The van der Waals surface area contributed by atoms with E-state index in [9.17, 15) is 0 Å². The molecule has 2 aliphatic carbocycles. The molecule has 84 valence electrons. The average Bonchev–Trinajstić information content (AvgIpc) is 2.76. The molecule has 1 aliphatic heterocycles. The van der Waals surface area contributed by atoms with Crippen LogP contribution in [0.2, 0.25) is 0 Å². The molecule has 1 aromatic carbocycles. The first-order valence-corrected chi connectivity index (χ1v) is 6.53. The van der Waals surface area contributed by atoms with Gasteiger partial charge in [-0.2, -0.15) is 0 Å². The second-order valence-corrected chi connectivity index (χ2v) is 6.22. The number of benzene rings is 1. The molecular weight excluding hydrogens is 194 g/mol. The molecule has 0 bridgehead atoms. The van der Waals surface area contributed by atoms with Crippen LogP contribution in [0.5, 0.6) is 0 Å². The van der Waals surface area contributed by atoms with Gasteiger partial charge in [0.1, 0.15) is 0 Å². The normalized spacial score (nSPS) is 40.8. The van der Waals surface area contributed by atoms with Crippen LogP contribution >= 0.6 is 0 Å². The monoisotopic (exact) mass is 213 g/mol. The number of hydrogen-bond acceptors (Lipinski definition) is 1. The zero-order valence-corrected chi connectivity index (χ0v) is 10.00. The molecule has 0 radical (unpaired) electrons. The van der Waals surface area contributed by atoms with Crippen molar-refractivity contribution in [2.45, 2.75) is 31.1 Å². The summed E-state index contributed by atoms with van der Waals surface area (Å²) < 4.78 is 0. The minimum Gasteiger partial charge on any atom is -0.305 e. The maximum absolute atomic E-state index is 2.56. The van der Waals surface area contributed by atoms with Gasteiger partial charge >= 0.3 is 0 Å². The average molecular weight is 213 g/mol. The van der Waals surface area contributed by atoms with Crippen molar-refractivity contribution in [3.05, 3.63) is 35.4 Å². The second kappa shape index (κ2) is 2.70. The first-order valence-electron chi connectivity index (χ1n) is 6.53. The van der Waals surface area contributed by atoms with Crippen molar-refractivity contribution >= 4 is 0 Å². The Kier molecular flexibility index (Phi) is 1.56. The van der Waals surface area contributed by atoms with Crippen LogP contribution in [0.4, 0.5) is 0 Å². The van der Waals surface area contributed by atoms with Crippen LogP contribution in [0.15, 0.2) is 24.3 Å². The summed E-state index contributed by atoms with van der Waals surface area (Å²) in [6.07, 6.45) is 5.66. The highest BCUT2D eigenvalue weighted by Crippen LogP contribution is 2.64. The lowest BCUT2D eigenvalue weighted by Crippen LogP contribution is -2.36. The maximum Gasteiger partial charge on any atom is 0.0155 e. The van der Waals surface area contributed by atoms with Crippen LogP contribution in [0.25, 0.3) is 0 Å². The van der Waals surface area contributed by atoms with Crippen LogP contribution in [-0.2, 0) is 11.8 Å². The highest BCUT2D eigenvalue weighted by molar-refractivity contribution is 5.47. The van der Waals surface area contributed by atoms with Gasteiger partial charge in [0.2, 0.25) is 0 Å². The van der Waals surface area contributed by atoms with Gasteiger partial charge in [0.25, 0.3) is 0 Å². The van der Waals surface area contributed by atoms with Crippen molar-refractivity contribution in [3.8, 4) is 0 Å². The Bertz CT molecular complexity index is 453. The zero-order chi connectivity index (χ0) is 10.8. The van der Waals surface area contributed by atoms with Crippen molar-refractivity contribution in [1.29, 1.82) is 0 Å². The third-order valence-electron chi connectivity index (χ3n) is 5.45. The van der Waals surface area contributed by atoms with E-state index < -0.39 is 0 Å². The van der Waals surface area contributed by atoms with Gasteiger partial charge in [-0.1, -0.05) is 30.7 Å². The van der Waals surface area contributed by atoms with E-state index in [4.69, 9.17) is 0 Å². The highest BCUT2D eigenvalue weighted by Gasteiger charge is 2.63. The third kappa shape index (κ3) is 0.842. The van der Waals surface area contributed by atoms with Gasteiger partial charge in [0.15, 0.2) is 0 Å². The summed E-state index contributed by atoms with van der Waals surface area (Å²) in [4.78, 5) is 2.56. The summed E-state index contributed by atoms with van der Waals surface area (Å²) in [6, 6.07) is 9.22. The van der Waals surface area contributed by atoms with Gasteiger partial charge in [-0.25, -0.2) is 0 Å². The molecule has 2 atom stereocenters. The summed E-state index contributed by atoms with van der Waals surface area (Å²) in [7, 11) is 2.30. The minimum atomic E-state index is 0.526. The molecule has 0 N–H and O–H groups in total. The first-order chi connectivity index (χ1) is 7.76. The molecule has 1 heteroatoms. The molecule has 3 aliphatic rings. The molecule has 0 aromatic heterocycles. The molecule has 0 spiro atoms. The van der Waals surface area contributed by atoms with Crippen molar-refractivity contribution in [2.24, 2.45) is 5.41 Å². The van der Waals surface area contributed by atoms with Crippen LogP contribution < -0.4 is 0 Å². The number of fused-ring (bicyclic) bond motifs is 1. The predicted octanol–water partition coefficient (Wildman–Crippen LogP) is 2.60. The number of rotatable bonds is 0. The van der Waals surface area contributed by atoms with Gasteiger partial charge < -0.3 is 4.90 Å². The van der Waals surface area contributed by atoms with Crippen LogP contribution in [-0.4, -0.2) is 25.0 Å². The Balaban J connectivity index is 1.96. The zero-order valence-electron chi connectivity index (χ0n) is 10.00. The first kappa shape index (κ1) is 9.23. The number of likely N-dealkylation sites (tertiary alicyclic amines) is 1. The van der Waals surface area contributed by atoms with Gasteiger partial charge in [0.05, 0.1) is 0 Å². The standard InChI is InChI=1S/C15H19N/c1-16-10-14-7-4-8-15(14,11-16)13-6-3-2-5-12(13)9-14/h2-3,5-6H,4,7-11H2,1H3. The fourth-order valence-electron chi connectivity index (χ4n) is 5.07. The van der Waals surface area contributed by atoms with Gasteiger partial charge in [-0.15, -0.1) is 0 Å². The molecule has 2 fully saturated rings. The summed E-state index contributed by atoms with van der Waals surface area (Å²) in [5.74, 6) is 0. The fourth-order valence-corrected chi connectivity index (χ4v) is 5.07. The highest BCUT2D eigenvalue weighted by atomic mass is 15.2. The molecular formula is C15H19N. The topological polar surface area (TPSA) is 3.24 Å². The molecule has 4 rings (SSSR count). The van der Waals surface area contributed by atoms with Crippen molar-refractivity contribution < 1.29 is 0 Å². The van der Waals surface area contributed by atoms with Crippen molar-refractivity contribution in [1.82, 2.24) is 4.90 Å². The van der Waals surface area contributed by atoms with Gasteiger partial charge in [0, 0.05) is 18.5 Å². The summed E-state index contributed by atoms with van der Waals surface area (Å²) in [5, 5.41) is 0. The van der Waals surface area contributed by atoms with E-state index >= 15 is 0 Å². The maximum atomic E-state index is 2.56. The van der Waals surface area contributed by atoms with Gasteiger partial charge in [-0.05, 0) is 42.9 Å². The molecule has 1 saturated carbocycles. The molecule has 0 amide bonds. The fraction of sp³-hybridized carbons (Fsp3) is 0.600. The van der Waals surface area contributed by atoms with Gasteiger partial charge in [-0.3, -0.25) is 0 Å². The molecule has 1 heterocycles. The van der Waals surface area contributed by atoms with Crippen LogP contribution in [0.1, 0.15) is 30.4 Å². The van der Waals surface area contributed by atoms with Crippen molar-refractivity contribution in [3.63, 3.8) is 0 Å². The minimum absolute atomic E-state index is 0.526. The number of nitrogens with zero attached hydrogens (tertiary/aromatic N) is 1. The van der Waals surface area contributed by atoms with E-state index in [0.717, 1.165) is 0 Å². The smallest absolute Gasteiger partial charge is 0.0155 e. The Morgan fingerprint density at radius 3 is 2.94 bits per heavy atom. The summed E-state index contributed by atoms with van der Waals surface area (Å²) in [5.41, 5.74) is 4.47. The third-order valence-corrected chi connectivity index (χ3v) is 5.45. The molecule has 1 aromatic rings. The summed E-state index contributed by atoms with van der Waals surface area (Å²) >= 11 is 0. The molecule has 2 unspecified atom stereocenters. The number of likely N-dealkylation sites (N-methyl/N-ethyl adjacent to an activating group) is 1. The molecule has 16 heavy (non-hydrogen) atoms. The Hall–Kier alpha value is -0.820. The lowest BCUT2D eigenvalue weighted by atomic mass is 9.69. The van der Waals surface area contributed by atoms with Crippen LogP contribution in [0, 0.1) is 5.41 Å². The largest absolute Gasteiger partial charge is 0.305 e. The Labute approximate surface area is 97.5 Å². The van der Waals surface area contributed by atoms with E-state index in [0.29, 0.717) is 10.8 Å². The van der Waals surface area contributed by atoms with E-state index in [-0.39, 0.29) is 0 Å².